The summed E-state index contributed by atoms with van der Waals surface area (Å²) in [7, 11) is 0. The molecule has 0 aliphatic carbocycles. The largest absolute Gasteiger partial charge is 0.358 e. The van der Waals surface area contributed by atoms with Gasteiger partial charge in [0.25, 0.3) is 0 Å². The Hall–Kier alpha value is -0.900. The fourth-order valence-corrected chi connectivity index (χ4v) is 1.45. The minimum Gasteiger partial charge on any atom is -0.358 e. The summed E-state index contributed by atoms with van der Waals surface area (Å²) >= 11 is 0. The molecule has 1 atom stereocenters. The van der Waals surface area contributed by atoms with Gasteiger partial charge in [0, 0.05) is 12.8 Å². The Kier molecular flexibility index (Phi) is 2.08. The maximum absolute atomic E-state index is 12.7. The molecule has 66 valence electrons. The molecule has 12 heavy (non-hydrogen) atoms. The molecule has 0 amide bonds. The van der Waals surface area contributed by atoms with Crippen LogP contribution in [0.3, 0.4) is 0 Å². The van der Waals surface area contributed by atoms with E-state index in [9.17, 15) is 4.39 Å². The van der Waals surface area contributed by atoms with E-state index >= 15 is 0 Å². The third-order valence-electron chi connectivity index (χ3n) is 2.02. The van der Waals surface area contributed by atoms with Crippen molar-refractivity contribution in [2.45, 2.75) is 19.1 Å². The first-order valence-corrected chi connectivity index (χ1v) is 4.11. The van der Waals surface area contributed by atoms with E-state index in [-0.39, 0.29) is 12.1 Å². The van der Waals surface area contributed by atoms with Crippen LogP contribution in [-0.2, 0) is 4.74 Å². The molecule has 2 heterocycles. The van der Waals surface area contributed by atoms with Crippen LogP contribution in [0.15, 0.2) is 17.0 Å². The number of aliphatic imine (C=N–C) groups is 1. The first kappa shape index (κ1) is 7.73. The van der Waals surface area contributed by atoms with Crippen molar-refractivity contribution in [3.63, 3.8) is 0 Å². The van der Waals surface area contributed by atoms with E-state index in [2.05, 4.69) is 4.99 Å². The number of rotatable bonds is 1. The zero-order valence-electron chi connectivity index (χ0n) is 6.74. The van der Waals surface area contributed by atoms with Crippen LogP contribution in [0.2, 0.25) is 0 Å². The first-order chi connectivity index (χ1) is 5.86. The number of hydrogen-bond donors (Lipinski definition) is 0. The van der Waals surface area contributed by atoms with Crippen molar-refractivity contribution in [1.82, 2.24) is 4.90 Å². The Morgan fingerprint density at radius 2 is 2.58 bits per heavy atom. The molecule has 0 spiro atoms. The molecule has 0 N–H and O–H groups in total. The summed E-state index contributed by atoms with van der Waals surface area (Å²) in [5, 5.41) is 0. The van der Waals surface area contributed by atoms with Crippen molar-refractivity contribution >= 4 is 6.21 Å². The van der Waals surface area contributed by atoms with Crippen LogP contribution in [0.25, 0.3) is 0 Å². The quantitative estimate of drug-likeness (QED) is 0.592. The number of halogens is 1. The van der Waals surface area contributed by atoms with E-state index in [1.807, 2.05) is 0 Å². The molecule has 2 rings (SSSR count). The van der Waals surface area contributed by atoms with Crippen LogP contribution in [-0.4, -0.2) is 30.6 Å². The van der Waals surface area contributed by atoms with Crippen molar-refractivity contribution in [2.75, 3.05) is 13.3 Å². The second kappa shape index (κ2) is 3.23. The molecule has 0 aromatic rings. The van der Waals surface area contributed by atoms with Gasteiger partial charge in [-0.3, -0.25) is 4.99 Å². The Balaban J connectivity index is 2.00. The van der Waals surface area contributed by atoms with Gasteiger partial charge in [-0.05, 0) is 12.8 Å². The molecule has 0 saturated carbocycles. The topological polar surface area (TPSA) is 24.8 Å². The van der Waals surface area contributed by atoms with E-state index in [0.29, 0.717) is 6.67 Å². The third kappa shape index (κ3) is 1.48. The Bertz CT molecular complexity index is 221. The molecule has 0 radical (unpaired) electrons. The predicted octanol–water partition coefficient (Wildman–Crippen LogP) is 1.28. The van der Waals surface area contributed by atoms with Gasteiger partial charge in [0.1, 0.15) is 12.9 Å². The maximum Gasteiger partial charge on any atom is 0.156 e. The highest BCUT2D eigenvalue weighted by Crippen LogP contribution is 2.19. The SMILES string of the molecule is FC1=CN([C@H]2CCCO2)CN=C1. The van der Waals surface area contributed by atoms with Crippen molar-refractivity contribution in [1.29, 1.82) is 0 Å². The molecule has 1 saturated heterocycles. The molecule has 0 unspecified atom stereocenters. The monoisotopic (exact) mass is 170 g/mol. The van der Waals surface area contributed by atoms with Crippen LogP contribution in [0.1, 0.15) is 12.8 Å². The molecular weight excluding hydrogens is 159 g/mol. The molecule has 2 aliphatic rings. The van der Waals surface area contributed by atoms with Crippen molar-refractivity contribution in [2.24, 2.45) is 4.99 Å². The van der Waals surface area contributed by atoms with Gasteiger partial charge >= 0.3 is 0 Å². The standard InChI is InChI=1S/C8H11FN2O/c9-7-4-10-6-11(5-7)8-2-1-3-12-8/h4-5,8H,1-3,6H2/t8-/m1/s1. The van der Waals surface area contributed by atoms with Gasteiger partial charge in [0.05, 0.1) is 6.21 Å². The maximum atomic E-state index is 12.7. The summed E-state index contributed by atoms with van der Waals surface area (Å²) in [6.45, 7) is 1.29. The Morgan fingerprint density at radius 3 is 3.25 bits per heavy atom. The van der Waals surface area contributed by atoms with Gasteiger partial charge in [0.2, 0.25) is 0 Å². The fraction of sp³-hybridized carbons (Fsp3) is 0.625. The van der Waals surface area contributed by atoms with E-state index in [1.165, 1.54) is 12.4 Å². The summed E-state index contributed by atoms with van der Waals surface area (Å²) in [5.74, 6) is -0.295. The van der Waals surface area contributed by atoms with Crippen molar-refractivity contribution in [3.8, 4) is 0 Å². The highest BCUT2D eigenvalue weighted by molar-refractivity contribution is 5.76. The van der Waals surface area contributed by atoms with Gasteiger partial charge in [-0.15, -0.1) is 0 Å². The number of hydrogen-bond acceptors (Lipinski definition) is 3. The van der Waals surface area contributed by atoms with E-state index in [0.717, 1.165) is 19.4 Å². The lowest BCUT2D eigenvalue weighted by atomic mass is 10.3. The van der Waals surface area contributed by atoms with E-state index < -0.39 is 0 Å². The molecule has 2 aliphatic heterocycles. The van der Waals surface area contributed by atoms with Gasteiger partial charge in [0.15, 0.2) is 5.83 Å². The lowest BCUT2D eigenvalue weighted by molar-refractivity contribution is 0.00767. The van der Waals surface area contributed by atoms with Crippen LogP contribution in [0.5, 0.6) is 0 Å². The zero-order chi connectivity index (χ0) is 8.39. The number of ether oxygens (including phenoxy) is 1. The van der Waals surface area contributed by atoms with Crippen molar-refractivity contribution < 1.29 is 9.13 Å². The summed E-state index contributed by atoms with van der Waals surface area (Å²) < 4.78 is 18.1. The molecule has 3 nitrogen and oxygen atoms in total. The average molecular weight is 170 g/mol. The predicted molar refractivity (Wildman–Crippen MR) is 43.4 cm³/mol. The van der Waals surface area contributed by atoms with Gasteiger partial charge in [-0.25, -0.2) is 4.39 Å². The van der Waals surface area contributed by atoms with Crippen molar-refractivity contribution in [3.05, 3.63) is 12.0 Å². The van der Waals surface area contributed by atoms with Gasteiger partial charge in [-0.2, -0.15) is 0 Å². The van der Waals surface area contributed by atoms with Gasteiger partial charge in [-0.1, -0.05) is 0 Å². The van der Waals surface area contributed by atoms with Crippen LogP contribution in [0.4, 0.5) is 4.39 Å². The second-order valence-corrected chi connectivity index (χ2v) is 2.95. The van der Waals surface area contributed by atoms with E-state index in [1.54, 1.807) is 4.90 Å². The normalized spacial score (nSPS) is 29.2. The highest BCUT2D eigenvalue weighted by Gasteiger charge is 2.22. The highest BCUT2D eigenvalue weighted by atomic mass is 19.1. The Morgan fingerprint density at radius 1 is 1.67 bits per heavy atom. The second-order valence-electron chi connectivity index (χ2n) is 2.95. The minimum absolute atomic E-state index is 0.0354. The van der Waals surface area contributed by atoms with Gasteiger partial charge < -0.3 is 9.64 Å². The zero-order valence-corrected chi connectivity index (χ0v) is 6.74. The third-order valence-corrected chi connectivity index (χ3v) is 2.02. The Labute approximate surface area is 70.5 Å². The van der Waals surface area contributed by atoms with Crippen LogP contribution >= 0.6 is 0 Å². The lowest BCUT2D eigenvalue weighted by Crippen LogP contribution is -2.31. The number of nitrogens with zero attached hydrogens (tertiary/aromatic N) is 2. The molecule has 1 fully saturated rings. The van der Waals surface area contributed by atoms with Crippen LogP contribution < -0.4 is 0 Å². The minimum atomic E-state index is -0.295. The smallest absolute Gasteiger partial charge is 0.156 e. The van der Waals surface area contributed by atoms with Crippen LogP contribution in [0, 0.1) is 0 Å². The molecule has 0 bridgehead atoms. The fourth-order valence-electron chi connectivity index (χ4n) is 1.45. The average Bonchev–Trinajstić information content (AvgIpc) is 2.56. The first-order valence-electron chi connectivity index (χ1n) is 4.11. The summed E-state index contributed by atoms with van der Waals surface area (Å²) in [4.78, 5) is 5.66. The summed E-state index contributed by atoms with van der Waals surface area (Å²) in [6.07, 6.45) is 4.77. The number of allylic oxidation sites excluding steroid dienone is 1. The van der Waals surface area contributed by atoms with E-state index in [4.69, 9.17) is 4.74 Å². The molecule has 4 heteroatoms. The lowest BCUT2D eigenvalue weighted by Gasteiger charge is -2.26. The molecule has 0 aromatic carbocycles. The summed E-state index contributed by atoms with van der Waals surface area (Å²) in [6, 6.07) is 0. The molecular formula is C8H11FN2O. The molecule has 0 aromatic heterocycles. The summed E-state index contributed by atoms with van der Waals surface area (Å²) in [5.41, 5.74) is 0.